The molecule has 0 bridgehead atoms. The lowest BCUT2D eigenvalue weighted by Crippen LogP contribution is -2.37. The summed E-state index contributed by atoms with van der Waals surface area (Å²) in [5, 5.41) is 3.11. The van der Waals surface area contributed by atoms with Crippen molar-refractivity contribution in [1.82, 2.24) is 5.32 Å². The molecule has 0 aromatic rings. The van der Waals surface area contributed by atoms with Crippen molar-refractivity contribution in [1.29, 1.82) is 0 Å². The lowest BCUT2D eigenvalue weighted by Gasteiger charge is -2.25. The largest absolute Gasteiger partial charge is 0.353 e. The summed E-state index contributed by atoms with van der Waals surface area (Å²) in [6.07, 6.45) is 5.90. The second-order valence-corrected chi connectivity index (χ2v) is 5.22. The lowest BCUT2D eigenvalue weighted by molar-refractivity contribution is -0.127. The first kappa shape index (κ1) is 9.04. The molecule has 2 aliphatic rings. The maximum absolute atomic E-state index is 11.8. The molecular formula is C11H19NO. The summed E-state index contributed by atoms with van der Waals surface area (Å²) in [6.45, 7) is 4.44. The maximum Gasteiger partial charge on any atom is 0.223 e. The molecule has 1 amide bonds. The van der Waals surface area contributed by atoms with Gasteiger partial charge in [0.1, 0.15) is 0 Å². The van der Waals surface area contributed by atoms with Gasteiger partial charge in [0.05, 0.1) is 0 Å². The van der Waals surface area contributed by atoms with Gasteiger partial charge >= 0.3 is 0 Å². The van der Waals surface area contributed by atoms with Crippen molar-refractivity contribution in [2.75, 3.05) is 0 Å². The molecule has 13 heavy (non-hydrogen) atoms. The van der Waals surface area contributed by atoms with Crippen LogP contribution in [0.15, 0.2) is 0 Å². The first-order valence-electron chi connectivity index (χ1n) is 5.40. The fourth-order valence-electron chi connectivity index (χ4n) is 2.34. The van der Waals surface area contributed by atoms with E-state index in [-0.39, 0.29) is 11.3 Å². The van der Waals surface area contributed by atoms with Crippen LogP contribution in [0.25, 0.3) is 0 Å². The summed E-state index contributed by atoms with van der Waals surface area (Å²) in [5.41, 5.74) is 0.235. The van der Waals surface area contributed by atoms with Crippen LogP contribution in [0.3, 0.4) is 0 Å². The Kier molecular flexibility index (Phi) is 2.09. The molecule has 2 aliphatic carbocycles. The van der Waals surface area contributed by atoms with Crippen molar-refractivity contribution in [3.63, 3.8) is 0 Å². The highest BCUT2D eigenvalue weighted by Crippen LogP contribution is 2.42. The lowest BCUT2D eigenvalue weighted by atomic mass is 9.81. The van der Waals surface area contributed by atoms with Gasteiger partial charge in [-0.05, 0) is 31.1 Å². The second-order valence-electron chi connectivity index (χ2n) is 5.22. The Balaban J connectivity index is 1.94. The predicted molar refractivity (Wildman–Crippen MR) is 52.3 cm³/mol. The molecule has 0 radical (unpaired) electrons. The van der Waals surface area contributed by atoms with E-state index in [9.17, 15) is 4.79 Å². The molecule has 1 N–H and O–H groups in total. The minimum Gasteiger partial charge on any atom is -0.353 e. The van der Waals surface area contributed by atoms with Crippen LogP contribution in [0.4, 0.5) is 0 Å². The fourth-order valence-corrected chi connectivity index (χ4v) is 2.34. The molecule has 0 saturated heterocycles. The summed E-state index contributed by atoms with van der Waals surface area (Å²) in [5.74, 6) is 0.582. The molecule has 74 valence electrons. The van der Waals surface area contributed by atoms with E-state index in [0.717, 1.165) is 6.42 Å². The zero-order chi connectivity index (χ0) is 9.47. The van der Waals surface area contributed by atoms with Crippen LogP contribution in [-0.2, 0) is 4.79 Å². The fraction of sp³-hybridized carbons (Fsp3) is 0.909. The summed E-state index contributed by atoms with van der Waals surface area (Å²) in [7, 11) is 0. The first-order chi connectivity index (χ1) is 6.09. The van der Waals surface area contributed by atoms with Crippen LogP contribution in [0.1, 0.15) is 46.0 Å². The van der Waals surface area contributed by atoms with Crippen molar-refractivity contribution in [2.24, 2.45) is 11.3 Å². The van der Waals surface area contributed by atoms with Crippen molar-refractivity contribution >= 4 is 5.91 Å². The molecule has 2 fully saturated rings. The van der Waals surface area contributed by atoms with E-state index in [1.54, 1.807) is 0 Å². The van der Waals surface area contributed by atoms with E-state index in [0.29, 0.717) is 11.9 Å². The van der Waals surface area contributed by atoms with Gasteiger partial charge in [0.25, 0.3) is 0 Å². The monoisotopic (exact) mass is 181 g/mol. The van der Waals surface area contributed by atoms with Crippen molar-refractivity contribution in [3.05, 3.63) is 0 Å². The van der Waals surface area contributed by atoms with Gasteiger partial charge in [-0.1, -0.05) is 20.3 Å². The Labute approximate surface area is 80.1 Å². The number of carbonyl (C=O) groups excluding carboxylic acids is 1. The SMILES string of the molecule is CC1(C)CCCC1C(=O)NC1CC1. The molecule has 2 heteroatoms. The predicted octanol–water partition coefficient (Wildman–Crippen LogP) is 2.09. The third-order valence-electron chi connectivity index (χ3n) is 3.50. The number of nitrogens with one attached hydrogen (secondary N) is 1. The van der Waals surface area contributed by atoms with Gasteiger partial charge in [0.15, 0.2) is 0 Å². The average molecular weight is 181 g/mol. The Hall–Kier alpha value is -0.530. The van der Waals surface area contributed by atoms with Gasteiger partial charge in [-0.25, -0.2) is 0 Å². The minimum absolute atomic E-state index is 0.235. The maximum atomic E-state index is 11.8. The number of rotatable bonds is 2. The van der Waals surface area contributed by atoms with Gasteiger partial charge in [0.2, 0.25) is 5.91 Å². The molecule has 0 aromatic heterocycles. The molecule has 0 spiro atoms. The van der Waals surface area contributed by atoms with E-state index in [4.69, 9.17) is 0 Å². The van der Waals surface area contributed by atoms with Gasteiger partial charge in [-0.15, -0.1) is 0 Å². The molecule has 2 rings (SSSR count). The summed E-state index contributed by atoms with van der Waals surface area (Å²) in [6, 6.07) is 0.517. The van der Waals surface area contributed by atoms with Crippen LogP contribution < -0.4 is 5.32 Å². The standard InChI is InChI=1S/C11H19NO/c1-11(2)7-3-4-9(11)10(13)12-8-5-6-8/h8-9H,3-7H2,1-2H3,(H,12,13). The quantitative estimate of drug-likeness (QED) is 0.694. The minimum atomic E-state index is 0.235. The van der Waals surface area contributed by atoms with Crippen LogP contribution >= 0.6 is 0 Å². The van der Waals surface area contributed by atoms with Gasteiger partial charge < -0.3 is 5.32 Å². The average Bonchev–Trinajstić information content (AvgIpc) is 2.75. The van der Waals surface area contributed by atoms with Crippen LogP contribution in [0.2, 0.25) is 0 Å². The number of carbonyl (C=O) groups is 1. The van der Waals surface area contributed by atoms with E-state index < -0.39 is 0 Å². The van der Waals surface area contributed by atoms with Crippen LogP contribution in [0, 0.1) is 11.3 Å². The van der Waals surface area contributed by atoms with E-state index in [2.05, 4.69) is 19.2 Å². The van der Waals surface area contributed by atoms with Gasteiger partial charge in [-0.2, -0.15) is 0 Å². The van der Waals surface area contributed by atoms with E-state index in [1.807, 2.05) is 0 Å². The Bertz CT molecular complexity index is 218. The van der Waals surface area contributed by atoms with Crippen LogP contribution in [-0.4, -0.2) is 11.9 Å². The molecule has 0 aliphatic heterocycles. The molecule has 1 atom stereocenters. The zero-order valence-electron chi connectivity index (χ0n) is 8.60. The van der Waals surface area contributed by atoms with Gasteiger partial charge in [-0.3, -0.25) is 4.79 Å². The van der Waals surface area contributed by atoms with Crippen LogP contribution in [0.5, 0.6) is 0 Å². The third-order valence-corrected chi connectivity index (χ3v) is 3.50. The van der Waals surface area contributed by atoms with Gasteiger partial charge in [0, 0.05) is 12.0 Å². The molecule has 0 aromatic carbocycles. The number of hydrogen-bond acceptors (Lipinski definition) is 1. The van der Waals surface area contributed by atoms with E-state index in [1.165, 1.54) is 25.7 Å². The zero-order valence-corrected chi connectivity index (χ0v) is 8.60. The third kappa shape index (κ3) is 1.87. The molecule has 0 heterocycles. The highest BCUT2D eigenvalue weighted by molar-refractivity contribution is 5.80. The normalized spacial score (nSPS) is 31.7. The summed E-state index contributed by atoms with van der Waals surface area (Å²) in [4.78, 5) is 11.8. The summed E-state index contributed by atoms with van der Waals surface area (Å²) >= 11 is 0. The first-order valence-corrected chi connectivity index (χ1v) is 5.40. The Morgan fingerprint density at radius 3 is 2.46 bits per heavy atom. The van der Waals surface area contributed by atoms with Crippen molar-refractivity contribution in [2.45, 2.75) is 52.0 Å². The highest BCUT2D eigenvalue weighted by Gasteiger charge is 2.40. The van der Waals surface area contributed by atoms with Crippen molar-refractivity contribution in [3.8, 4) is 0 Å². The number of amides is 1. The topological polar surface area (TPSA) is 29.1 Å². The smallest absolute Gasteiger partial charge is 0.223 e. The molecular weight excluding hydrogens is 162 g/mol. The highest BCUT2D eigenvalue weighted by atomic mass is 16.2. The Morgan fingerprint density at radius 2 is 2.00 bits per heavy atom. The Morgan fingerprint density at radius 1 is 1.31 bits per heavy atom. The number of hydrogen-bond donors (Lipinski definition) is 1. The molecule has 2 nitrogen and oxygen atoms in total. The summed E-state index contributed by atoms with van der Waals surface area (Å²) < 4.78 is 0. The second kappa shape index (κ2) is 3.00. The molecule has 1 unspecified atom stereocenters. The van der Waals surface area contributed by atoms with Crippen molar-refractivity contribution < 1.29 is 4.79 Å². The van der Waals surface area contributed by atoms with E-state index >= 15 is 0 Å². The molecule has 2 saturated carbocycles.